The van der Waals surface area contributed by atoms with Crippen LogP contribution in [-0.2, 0) is 4.79 Å². The molecule has 1 aromatic rings. The first-order valence-electron chi connectivity index (χ1n) is 10.0. The van der Waals surface area contributed by atoms with Gasteiger partial charge < -0.3 is 10.6 Å². The van der Waals surface area contributed by atoms with E-state index >= 15 is 0 Å². The maximum Gasteiger partial charge on any atom is 0.251 e. The van der Waals surface area contributed by atoms with Gasteiger partial charge in [-0.05, 0) is 68.9 Å². The highest BCUT2D eigenvalue weighted by Crippen LogP contribution is 2.49. The largest absolute Gasteiger partial charge is 0.352 e. The second-order valence-electron chi connectivity index (χ2n) is 8.70. The third-order valence-corrected chi connectivity index (χ3v) is 6.35. The molecule has 2 saturated carbocycles. The van der Waals surface area contributed by atoms with Crippen molar-refractivity contribution in [2.24, 2.45) is 23.7 Å². The van der Waals surface area contributed by atoms with Crippen LogP contribution in [0.15, 0.2) is 24.3 Å². The van der Waals surface area contributed by atoms with Crippen molar-refractivity contribution in [3.05, 3.63) is 35.4 Å². The number of fused-ring (bicyclic) bond motifs is 2. The Morgan fingerprint density at radius 1 is 1.00 bits per heavy atom. The minimum atomic E-state index is -0.509. The van der Waals surface area contributed by atoms with Crippen LogP contribution in [0.3, 0.4) is 0 Å². The lowest BCUT2D eigenvalue weighted by Crippen LogP contribution is -2.53. The van der Waals surface area contributed by atoms with E-state index < -0.39 is 6.04 Å². The Morgan fingerprint density at radius 2 is 1.69 bits per heavy atom. The highest BCUT2D eigenvalue weighted by Gasteiger charge is 2.42. The predicted molar refractivity (Wildman–Crippen MR) is 104 cm³/mol. The van der Waals surface area contributed by atoms with Gasteiger partial charge in [-0.25, -0.2) is 0 Å². The normalized spacial score (nSPS) is 26.6. The molecule has 2 aliphatic rings. The van der Waals surface area contributed by atoms with Gasteiger partial charge in [0.25, 0.3) is 5.91 Å². The molecule has 4 nitrogen and oxygen atoms in total. The van der Waals surface area contributed by atoms with E-state index in [1.165, 1.54) is 25.7 Å². The Morgan fingerprint density at radius 3 is 2.23 bits per heavy atom. The minimum Gasteiger partial charge on any atom is -0.352 e. The van der Waals surface area contributed by atoms with Gasteiger partial charge in [0.1, 0.15) is 6.04 Å². The van der Waals surface area contributed by atoms with Crippen molar-refractivity contribution in [3.8, 4) is 0 Å². The monoisotopic (exact) mass is 356 g/mol. The number of hydrogen-bond acceptors (Lipinski definition) is 2. The zero-order chi connectivity index (χ0) is 18.8. The lowest BCUT2D eigenvalue weighted by molar-refractivity contribution is -0.125. The van der Waals surface area contributed by atoms with Gasteiger partial charge in [-0.2, -0.15) is 0 Å². The zero-order valence-corrected chi connectivity index (χ0v) is 16.4. The molecule has 2 N–H and O–H groups in total. The van der Waals surface area contributed by atoms with Crippen LogP contribution < -0.4 is 10.6 Å². The van der Waals surface area contributed by atoms with Gasteiger partial charge in [0.2, 0.25) is 5.91 Å². The fourth-order valence-electron chi connectivity index (χ4n) is 4.79. The van der Waals surface area contributed by atoms with Crippen molar-refractivity contribution >= 4 is 11.8 Å². The molecule has 5 atom stereocenters. The summed E-state index contributed by atoms with van der Waals surface area (Å²) in [5.74, 6) is 2.03. The minimum absolute atomic E-state index is 0.0385. The Labute approximate surface area is 157 Å². The standard InChI is InChI=1S/C22H32N2O2/c1-13(2)20(24-21(25)17-8-5-14(3)6-9-17)22(26)23-15(4)19-12-16-7-10-18(19)11-16/h5-6,8-9,13,15-16,18-20H,7,10-12H2,1-4H3,(H,23,26)(H,24,25). The molecule has 0 aliphatic heterocycles. The van der Waals surface area contributed by atoms with Gasteiger partial charge >= 0.3 is 0 Å². The van der Waals surface area contributed by atoms with Gasteiger partial charge in [0, 0.05) is 11.6 Å². The van der Waals surface area contributed by atoms with Crippen LogP contribution in [0.5, 0.6) is 0 Å². The number of hydrogen-bond donors (Lipinski definition) is 2. The smallest absolute Gasteiger partial charge is 0.251 e. The summed E-state index contributed by atoms with van der Waals surface area (Å²) in [5.41, 5.74) is 1.70. The van der Waals surface area contributed by atoms with E-state index in [-0.39, 0.29) is 23.8 Å². The highest BCUT2D eigenvalue weighted by molar-refractivity contribution is 5.97. The van der Waals surface area contributed by atoms with Crippen molar-refractivity contribution in [3.63, 3.8) is 0 Å². The number of carbonyl (C=O) groups is 2. The molecule has 2 fully saturated rings. The fourth-order valence-corrected chi connectivity index (χ4v) is 4.79. The van der Waals surface area contributed by atoms with Crippen molar-refractivity contribution in [1.82, 2.24) is 10.6 Å². The SMILES string of the molecule is Cc1ccc(C(=O)NC(C(=O)NC(C)C2CC3CCC2C3)C(C)C)cc1. The Hall–Kier alpha value is -1.84. The lowest BCUT2D eigenvalue weighted by Gasteiger charge is -2.31. The number of nitrogens with one attached hydrogen (secondary N) is 2. The van der Waals surface area contributed by atoms with E-state index in [9.17, 15) is 9.59 Å². The lowest BCUT2D eigenvalue weighted by atomic mass is 9.84. The van der Waals surface area contributed by atoms with Gasteiger partial charge in [0.15, 0.2) is 0 Å². The summed E-state index contributed by atoms with van der Waals surface area (Å²) < 4.78 is 0. The number of amides is 2. The molecule has 4 heteroatoms. The van der Waals surface area contributed by atoms with Crippen LogP contribution >= 0.6 is 0 Å². The van der Waals surface area contributed by atoms with Crippen LogP contribution in [-0.4, -0.2) is 23.9 Å². The molecule has 2 aliphatic carbocycles. The highest BCUT2D eigenvalue weighted by atomic mass is 16.2. The first-order chi connectivity index (χ1) is 12.3. The summed E-state index contributed by atoms with van der Waals surface area (Å²) in [5, 5.41) is 6.13. The first-order valence-corrected chi connectivity index (χ1v) is 10.0. The maximum atomic E-state index is 12.9. The van der Waals surface area contributed by atoms with Gasteiger partial charge in [-0.3, -0.25) is 9.59 Å². The molecule has 5 unspecified atom stereocenters. The van der Waals surface area contributed by atoms with Gasteiger partial charge in [0.05, 0.1) is 0 Å². The topological polar surface area (TPSA) is 58.2 Å². The average Bonchev–Trinajstić information content (AvgIpc) is 3.23. The Kier molecular flexibility index (Phi) is 5.69. The van der Waals surface area contributed by atoms with Crippen molar-refractivity contribution in [2.45, 2.75) is 65.5 Å². The Bertz CT molecular complexity index is 653. The van der Waals surface area contributed by atoms with Crippen molar-refractivity contribution < 1.29 is 9.59 Å². The average molecular weight is 357 g/mol. The van der Waals surface area contributed by atoms with E-state index in [1.807, 2.05) is 32.9 Å². The van der Waals surface area contributed by atoms with Crippen LogP contribution in [0.1, 0.15) is 62.4 Å². The number of benzene rings is 1. The second kappa shape index (κ2) is 7.81. The van der Waals surface area contributed by atoms with Gasteiger partial charge in [-0.1, -0.05) is 38.0 Å². The van der Waals surface area contributed by atoms with Crippen LogP contribution in [0.2, 0.25) is 0 Å². The molecule has 0 saturated heterocycles. The van der Waals surface area contributed by atoms with Crippen LogP contribution in [0, 0.1) is 30.6 Å². The third-order valence-electron chi connectivity index (χ3n) is 6.35. The summed E-state index contributed by atoms with van der Waals surface area (Å²) in [6.07, 6.45) is 5.26. The van der Waals surface area contributed by atoms with E-state index in [0.29, 0.717) is 11.5 Å². The number of rotatable bonds is 6. The molecule has 1 aromatic carbocycles. The van der Waals surface area contributed by atoms with Crippen molar-refractivity contribution in [2.75, 3.05) is 0 Å². The number of aryl methyl sites for hydroxylation is 1. The number of carbonyl (C=O) groups excluding carboxylic acids is 2. The third kappa shape index (κ3) is 4.11. The molecule has 0 radical (unpaired) electrons. The summed E-state index contributed by atoms with van der Waals surface area (Å²) in [6, 6.07) is 7.10. The van der Waals surface area contributed by atoms with Crippen LogP contribution in [0.25, 0.3) is 0 Å². The van der Waals surface area contributed by atoms with E-state index in [2.05, 4.69) is 17.6 Å². The first kappa shape index (κ1) is 18.9. The summed E-state index contributed by atoms with van der Waals surface area (Å²) in [7, 11) is 0. The molecule has 142 valence electrons. The molecule has 0 spiro atoms. The molecule has 0 aromatic heterocycles. The fraction of sp³-hybridized carbons (Fsp3) is 0.636. The Balaban J connectivity index is 1.60. The quantitative estimate of drug-likeness (QED) is 0.817. The molecular formula is C22H32N2O2. The van der Waals surface area contributed by atoms with E-state index in [1.54, 1.807) is 12.1 Å². The zero-order valence-electron chi connectivity index (χ0n) is 16.4. The van der Waals surface area contributed by atoms with Gasteiger partial charge in [-0.15, -0.1) is 0 Å². The molecule has 3 rings (SSSR count). The second-order valence-corrected chi connectivity index (χ2v) is 8.70. The molecule has 2 amide bonds. The predicted octanol–water partition coefficient (Wildman–Crippen LogP) is 3.69. The van der Waals surface area contributed by atoms with E-state index in [0.717, 1.165) is 17.4 Å². The summed E-state index contributed by atoms with van der Waals surface area (Å²) >= 11 is 0. The van der Waals surface area contributed by atoms with E-state index in [4.69, 9.17) is 0 Å². The maximum absolute atomic E-state index is 12.9. The molecular weight excluding hydrogens is 324 g/mol. The summed E-state index contributed by atoms with van der Waals surface area (Å²) in [4.78, 5) is 25.4. The molecule has 2 bridgehead atoms. The molecule has 0 heterocycles. The van der Waals surface area contributed by atoms with Crippen molar-refractivity contribution in [1.29, 1.82) is 0 Å². The molecule has 26 heavy (non-hydrogen) atoms. The van der Waals surface area contributed by atoms with Crippen LogP contribution in [0.4, 0.5) is 0 Å². The summed E-state index contributed by atoms with van der Waals surface area (Å²) in [6.45, 7) is 8.06.